The molecular formula is C22H31F4N5O3. The van der Waals surface area contributed by atoms with Gasteiger partial charge >= 0.3 is 12.1 Å². The number of piperazine rings is 1. The van der Waals surface area contributed by atoms with Crippen LogP contribution in [0, 0.1) is 5.82 Å². The molecule has 0 bridgehead atoms. The van der Waals surface area contributed by atoms with Crippen molar-refractivity contribution in [3.05, 3.63) is 46.4 Å². The fourth-order valence-electron chi connectivity index (χ4n) is 3.15. The van der Waals surface area contributed by atoms with Crippen molar-refractivity contribution in [3.63, 3.8) is 0 Å². The Bertz CT molecular complexity index is 926. The van der Waals surface area contributed by atoms with Gasteiger partial charge in [0.15, 0.2) is 6.61 Å². The molecule has 1 aliphatic rings. The monoisotopic (exact) mass is 489 g/mol. The number of hydrogen-bond acceptors (Lipinski definition) is 7. The zero-order valence-electron chi connectivity index (χ0n) is 18.2. The van der Waals surface area contributed by atoms with Gasteiger partial charge in [0.1, 0.15) is 17.2 Å². The molecule has 2 rings (SSSR count). The maximum absolute atomic E-state index is 14.1. The van der Waals surface area contributed by atoms with Crippen molar-refractivity contribution in [3.8, 4) is 0 Å². The van der Waals surface area contributed by atoms with Gasteiger partial charge in [-0.2, -0.15) is 13.2 Å². The molecule has 0 atom stereocenters. The van der Waals surface area contributed by atoms with E-state index in [4.69, 9.17) is 16.2 Å². The first-order valence-corrected chi connectivity index (χ1v) is 10.3. The molecule has 0 spiro atoms. The molecule has 5 N–H and O–H groups in total. The first-order chi connectivity index (χ1) is 15.6. The third kappa shape index (κ3) is 7.80. The second-order valence-electron chi connectivity index (χ2n) is 7.28. The van der Waals surface area contributed by atoms with Crippen LogP contribution in [0.3, 0.4) is 0 Å². The SMILES string of the molecule is C.CCC(N)=C(C(=O)OCC(=O)c1cccc(C(F)(F)F)c1F)C(N)=NCCN1CCNCC1. The molecule has 0 aromatic heterocycles. The minimum absolute atomic E-state index is 0. The summed E-state index contributed by atoms with van der Waals surface area (Å²) in [5.41, 5.74) is 9.22. The Morgan fingerprint density at radius 3 is 2.44 bits per heavy atom. The largest absolute Gasteiger partial charge is 0.454 e. The van der Waals surface area contributed by atoms with Gasteiger partial charge in [-0.1, -0.05) is 20.4 Å². The molecule has 1 aromatic rings. The normalized spacial score (nSPS) is 15.9. The van der Waals surface area contributed by atoms with Crippen LogP contribution in [0.1, 0.15) is 36.7 Å². The third-order valence-electron chi connectivity index (χ3n) is 5.01. The number of ether oxygens (including phenoxy) is 1. The van der Waals surface area contributed by atoms with E-state index < -0.39 is 41.5 Å². The molecular weight excluding hydrogens is 458 g/mol. The molecule has 1 fully saturated rings. The zero-order valence-corrected chi connectivity index (χ0v) is 18.2. The molecule has 0 unspecified atom stereocenters. The summed E-state index contributed by atoms with van der Waals surface area (Å²) in [6.45, 7) is 5.01. The first kappa shape index (κ1) is 29.0. The molecule has 190 valence electrons. The summed E-state index contributed by atoms with van der Waals surface area (Å²) in [6, 6.07) is 2.28. The van der Waals surface area contributed by atoms with Crippen LogP contribution in [0.5, 0.6) is 0 Å². The average Bonchev–Trinajstić information content (AvgIpc) is 2.77. The molecule has 8 nitrogen and oxygen atoms in total. The minimum Gasteiger partial charge on any atom is -0.454 e. The molecule has 0 saturated carbocycles. The number of ketones is 1. The van der Waals surface area contributed by atoms with Gasteiger partial charge in [-0.25, -0.2) is 9.18 Å². The number of allylic oxidation sites excluding steroid dienone is 1. The van der Waals surface area contributed by atoms with Crippen molar-refractivity contribution in [2.75, 3.05) is 45.9 Å². The van der Waals surface area contributed by atoms with Gasteiger partial charge in [0.2, 0.25) is 5.78 Å². The van der Waals surface area contributed by atoms with E-state index in [9.17, 15) is 27.2 Å². The Balaban J connectivity index is 0.00000578. The fraction of sp³-hybridized carbons (Fsp3) is 0.500. The highest BCUT2D eigenvalue weighted by molar-refractivity contribution is 6.19. The molecule has 0 amide bonds. The van der Waals surface area contributed by atoms with Gasteiger partial charge < -0.3 is 21.5 Å². The summed E-state index contributed by atoms with van der Waals surface area (Å²) < 4.78 is 57.6. The summed E-state index contributed by atoms with van der Waals surface area (Å²) in [5.74, 6) is -4.12. The molecule has 1 aliphatic heterocycles. The Kier molecular flexibility index (Phi) is 11.1. The van der Waals surface area contributed by atoms with Crippen LogP contribution in [-0.4, -0.2) is 68.4 Å². The topological polar surface area (TPSA) is 123 Å². The van der Waals surface area contributed by atoms with Crippen molar-refractivity contribution in [2.24, 2.45) is 16.5 Å². The van der Waals surface area contributed by atoms with Gasteiger partial charge in [-0.15, -0.1) is 0 Å². The van der Waals surface area contributed by atoms with Crippen molar-refractivity contribution in [1.29, 1.82) is 0 Å². The van der Waals surface area contributed by atoms with E-state index in [-0.39, 0.29) is 31.0 Å². The molecule has 34 heavy (non-hydrogen) atoms. The Labute approximate surface area is 196 Å². The number of esters is 1. The standard InChI is InChI=1S/C21H27F4N5O3.CH4/c1-2-15(26)17(19(27)29-8-11-30-9-6-28-7-10-30)20(32)33-12-16(31)13-4-3-5-14(18(13)22)21(23,24)25;/h3-5,28H,2,6-12,26H2,1H3,(H2,27,29);1H4. The van der Waals surface area contributed by atoms with E-state index in [0.717, 1.165) is 38.3 Å². The van der Waals surface area contributed by atoms with Crippen molar-refractivity contribution >= 4 is 17.6 Å². The van der Waals surface area contributed by atoms with Crippen molar-refractivity contribution in [1.82, 2.24) is 10.2 Å². The van der Waals surface area contributed by atoms with Crippen molar-refractivity contribution < 1.29 is 31.9 Å². The maximum atomic E-state index is 14.1. The second kappa shape index (κ2) is 13.0. The summed E-state index contributed by atoms with van der Waals surface area (Å²) in [7, 11) is 0. The van der Waals surface area contributed by atoms with Crippen molar-refractivity contribution in [2.45, 2.75) is 26.9 Å². The molecule has 1 aromatic carbocycles. The number of nitrogens with two attached hydrogens (primary N) is 2. The lowest BCUT2D eigenvalue weighted by Crippen LogP contribution is -2.44. The van der Waals surface area contributed by atoms with Crippen LogP contribution in [0.2, 0.25) is 0 Å². The van der Waals surface area contributed by atoms with Gasteiger partial charge in [-0.05, 0) is 18.6 Å². The molecule has 0 aliphatic carbocycles. The van der Waals surface area contributed by atoms with Crippen LogP contribution >= 0.6 is 0 Å². The second-order valence-corrected chi connectivity index (χ2v) is 7.28. The Morgan fingerprint density at radius 1 is 1.21 bits per heavy atom. The highest BCUT2D eigenvalue weighted by atomic mass is 19.4. The van der Waals surface area contributed by atoms with E-state index in [1.165, 1.54) is 0 Å². The van der Waals surface area contributed by atoms with E-state index in [1.54, 1.807) is 6.92 Å². The summed E-state index contributed by atoms with van der Waals surface area (Å²) in [5, 5.41) is 3.22. The average molecular weight is 490 g/mol. The van der Waals surface area contributed by atoms with Crippen LogP contribution < -0.4 is 16.8 Å². The van der Waals surface area contributed by atoms with Crippen LogP contribution in [0.15, 0.2) is 34.5 Å². The van der Waals surface area contributed by atoms with Gasteiger partial charge in [0, 0.05) is 38.4 Å². The van der Waals surface area contributed by atoms with Gasteiger partial charge in [0.25, 0.3) is 0 Å². The van der Waals surface area contributed by atoms with Crippen LogP contribution in [0.25, 0.3) is 0 Å². The number of alkyl halides is 3. The number of nitrogens with one attached hydrogen (secondary N) is 1. The number of Topliss-reactive ketones (excluding diaryl/α,β-unsaturated/α-hetero) is 1. The number of halogens is 4. The highest BCUT2D eigenvalue weighted by Crippen LogP contribution is 2.32. The molecule has 1 saturated heterocycles. The molecule has 12 heteroatoms. The predicted molar refractivity (Wildman–Crippen MR) is 121 cm³/mol. The Hall–Kier alpha value is -2.99. The highest BCUT2D eigenvalue weighted by Gasteiger charge is 2.35. The number of nitrogens with zero attached hydrogens (tertiary/aromatic N) is 2. The first-order valence-electron chi connectivity index (χ1n) is 10.3. The van der Waals surface area contributed by atoms with E-state index in [0.29, 0.717) is 19.2 Å². The lowest BCUT2D eigenvalue weighted by Gasteiger charge is -2.26. The third-order valence-corrected chi connectivity index (χ3v) is 5.01. The molecule has 0 radical (unpaired) electrons. The molecule has 1 heterocycles. The number of hydrogen-bond donors (Lipinski definition) is 3. The van der Waals surface area contributed by atoms with Gasteiger partial charge in [0.05, 0.1) is 17.7 Å². The van der Waals surface area contributed by atoms with Crippen LogP contribution in [-0.2, 0) is 15.7 Å². The van der Waals surface area contributed by atoms with Gasteiger partial charge in [-0.3, -0.25) is 14.7 Å². The Morgan fingerprint density at radius 2 is 1.85 bits per heavy atom. The van der Waals surface area contributed by atoms with E-state index in [1.807, 2.05) is 0 Å². The van der Waals surface area contributed by atoms with E-state index >= 15 is 0 Å². The lowest BCUT2D eigenvalue weighted by atomic mass is 10.1. The zero-order chi connectivity index (χ0) is 24.6. The lowest BCUT2D eigenvalue weighted by molar-refractivity contribution is -0.140. The smallest absolute Gasteiger partial charge is 0.419 e. The van der Waals surface area contributed by atoms with Crippen LogP contribution in [0.4, 0.5) is 17.6 Å². The number of carbonyl (C=O) groups excluding carboxylic acids is 2. The number of aliphatic imine (C=N–C) groups is 1. The van der Waals surface area contributed by atoms with E-state index in [2.05, 4.69) is 15.2 Å². The predicted octanol–water partition coefficient (Wildman–Crippen LogP) is 2.09. The quantitative estimate of drug-likeness (QED) is 0.121. The summed E-state index contributed by atoms with van der Waals surface area (Å²) >= 11 is 0. The fourth-order valence-corrected chi connectivity index (χ4v) is 3.15. The summed E-state index contributed by atoms with van der Waals surface area (Å²) in [4.78, 5) is 31.1. The minimum atomic E-state index is -4.97. The maximum Gasteiger partial charge on any atom is 0.419 e. The number of benzene rings is 1. The summed E-state index contributed by atoms with van der Waals surface area (Å²) in [6.07, 6.45) is -4.74. The number of amidine groups is 1. The number of carbonyl (C=O) groups is 2. The number of rotatable bonds is 9.